The quantitative estimate of drug-likeness (QED) is 0.871. The largest absolute Gasteiger partial charge is 0.497 e. The van der Waals surface area contributed by atoms with Crippen molar-refractivity contribution in [2.24, 2.45) is 0 Å². The van der Waals surface area contributed by atoms with Crippen molar-refractivity contribution in [2.45, 2.75) is 6.92 Å². The first-order chi connectivity index (χ1) is 8.19. The molecule has 6 heteroatoms. The summed E-state index contributed by atoms with van der Waals surface area (Å²) >= 11 is 0. The highest BCUT2D eigenvalue weighted by atomic mass is 16.5. The molecule has 2 aromatic rings. The third-order valence-corrected chi connectivity index (χ3v) is 2.08. The number of anilines is 1. The van der Waals surface area contributed by atoms with Crippen LogP contribution in [-0.2, 0) is 0 Å². The summed E-state index contributed by atoms with van der Waals surface area (Å²) in [5.41, 5.74) is 0.459. The molecule has 0 spiro atoms. The average Bonchev–Trinajstić information content (AvgIpc) is 2.75. The van der Waals surface area contributed by atoms with Gasteiger partial charge in [-0.1, -0.05) is 11.2 Å². The molecule has 0 unspecified atom stereocenters. The van der Waals surface area contributed by atoms with E-state index < -0.39 is 0 Å². The van der Waals surface area contributed by atoms with Crippen molar-refractivity contribution >= 4 is 11.9 Å². The van der Waals surface area contributed by atoms with Gasteiger partial charge in [0.15, 0.2) is 5.82 Å². The van der Waals surface area contributed by atoms with Gasteiger partial charge in [0.05, 0.1) is 7.11 Å². The summed E-state index contributed by atoms with van der Waals surface area (Å²) < 4.78 is 9.82. The summed E-state index contributed by atoms with van der Waals surface area (Å²) in [6, 6.07) is 6.86. The van der Waals surface area contributed by atoms with Gasteiger partial charge in [0.2, 0.25) is 0 Å². The molecule has 17 heavy (non-hydrogen) atoms. The predicted molar refractivity (Wildman–Crippen MR) is 60.0 cm³/mol. The fourth-order valence-corrected chi connectivity index (χ4v) is 1.28. The van der Waals surface area contributed by atoms with Crippen LogP contribution in [0.4, 0.5) is 6.01 Å². The van der Waals surface area contributed by atoms with Crippen LogP contribution in [0, 0.1) is 6.92 Å². The van der Waals surface area contributed by atoms with Crippen molar-refractivity contribution in [1.82, 2.24) is 10.1 Å². The molecule has 1 amide bonds. The van der Waals surface area contributed by atoms with E-state index in [1.165, 1.54) is 0 Å². The number of hydrogen-bond acceptors (Lipinski definition) is 5. The van der Waals surface area contributed by atoms with Crippen LogP contribution in [0.1, 0.15) is 16.2 Å². The molecule has 1 aromatic heterocycles. The van der Waals surface area contributed by atoms with E-state index in [0.717, 1.165) is 0 Å². The number of hydrogen-bond donors (Lipinski definition) is 1. The maximum absolute atomic E-state index is 11.8. The zero-order valence-corrected chi connectivity index (χ0v) is 9.43. The minimum absolute atomic E-state index is 0.0790. The van der Waals surface area contributed by atoms with Crippen LogP contribution in [0.3, 0.4) is 0 Å². The van der Waals surface area contributed by atoms with E-state index in [-0.39, 0.29) is 11.9 Å². The fraction of sp³-hybridized carbons (Fsp3) is 0.182. The second-order valence-electron chi connectivity index (χ2n) is 3.33. The van der Waals surface area contributed by atoms with Gasteiger partial charge in [-0.3, -0.25) is 10.1 Å². The molecular weight excluding hydrogens is 222 g/mol. The van der Waals surface area contributed by atoms with Gasteiger partial charge in [-0.05, 0) is 25.1 Å². The smallest absolute Gasteiger partial charge is 0.328 e. The number of aryl methyl sites for hydroxylation is 1. The van der Waals surface area contributed by atoms with Crippen molar-refractivity contribution in [1.29, 1.82) is 0 Å². The van der Waals surface area contributed by atoms with E-state index in [2.05, 4.69) is 15.5 Å². The molecule has 0 fully saturated rings. The number of nitrogens with zero attached hydrogens (tertiary/aromatic N) is 2. The third-order valence-electron chi connectivity index (χ3n) is 2.08. The molecule has 0 radical (unpaired) electrons. The maximum Gasteiger partial charge on any atom is 0.328 e. The van der Waals surface area contributed by atoms with Crippen LogP contribution >= 0.6 is 0 Å². The zero-order chi connectivity index (χ0) is 12.3. The van der Waals surface area contributed by atoms with Crippen LogP contribution in [0.15, 0.2) is 28.8 Å². The summed E-state index contributed by atoms with van der Waals surface area (Å²) in [6.07, 6.45) is 0. The van der Waals surface area contributed by atoms with Crippen LogP contribution < -0.4 is 10.1 Å². The Morgan fingerprint density at radius 1 is 1.47 bits per heavy atom. The second-order valence-corrected chi connectivity index (χ2v) is 3.33. The fourth-order valence-electron chi connectivity index (χ4n) is 1.28. The normalized spacial score (nSPS) is 10.0. The number of methoxy groups -OCH3 is 1. The van der Waals surface area contributed by atoms with E-state index in [1.54, 1.807) is 38.3 Å². The molecular formula is C11H11N3O3. The molecule has 0 aliphatic carbocycles. The van der Waals surface area contributed by atoms with Crippen LogP contribution in [0.5, 0.6) is 5.75 Å². The first-order valence-corrected chi connectivity index (χ1v) is 4.95. The molecule has 0 saturated carbocycles. The SMILES string of the molecule is COc1cccc(C(=O)Nc2nc(C)no2)c1. The molecule has 88 valence electrons. The Bertz CT molecular complexity index is 536. The molecule has 0 aliphatic rings. The minimum atomic E-state index is -0.326. The Kier molecular flexibility index (Phi) is 3.04. The van der Waals surface area contributed by atoms with Crippen molar-refractivity contribution in [3.63, 3.8) is 0 Å². The van der Waals surface area contributed by atoms with Gasteiger partial charge < -0.3 is 9.26 Å². The summed E-state index contributed by atoms with van der Waals surface area (Å²) in [5.74, 6) is 0.748. The monoisotopic (exact) mass is 233 g/mol. The molecule has 1 aromatic carbocycles. The first-order valence-electron chi connectivity index (χ1n) is 4.95. The predicted octanol–water partition coefficient (Wildman–Crippen LogP) is 1.64. The van der Waals surface area contributed by atoms with Crippen molar-refractivity contribution < 1.29 is 14.1 Å². The number of ether oxygens (including phenoxy) is 1. The van der Waals surface area contributed by atoms with E-state index in [4.69, 9.17) is 9.26 Å². The maximum atomic E-state index is 11.8. The Morgan fingerprint density at radius 2 is 2.29 bits per heavy atom. The van der Waals surface area contributed by atoms with E-state index in [9.17, 15) is 4.79 Å². The van der Waals surface area contributed by atoms with Gasteiger partial charge in [-0.15, -0.1) is 0 Å². The highest BCUT2D eigenvalue weighted by molar-refractivity contribution is 6.03. The lowest BCUT2D eigenvalue weighted by molar-refractivity contribution is 0.102. The van der Waals surface area contributed by atoms with Gasteiger partial charge >= 0.3 is 6.01 Å². The lowest BCUT2D eigenvalue weighted by Crippen LogP contribution is -2.12. The zero-order valence-electron chi connectivity index (χ0n) is 9.43. The van der Waals surface area contributed by atoms with Crippen molar-refractivity contribution in [3.05, 3.63) is 35.7 Å². The number of amides is 1. The average molecular weight is 233 g/mol. The Hall–Kier alpha value is -2.37. The van der Waals surface area contributed by atoms with Gasteiger partial charge in [0.25, 0.3) is 5.91 Å². The lowest BCUT2D eigenvalue weighted by atomic mass is 10.2. The third kappa shape index (κ3) is 2.60. The highest BCUT2D eigenvalue weighted by Crippen LogP contribution is 2.14. The summed E-state index contributed by atoms with van der Waals surface area (Å²) in [5, 5.41) is 6.07. The van der Waals surface area contributed by atoms with Gasteiger partial charge in [0.1, 0.15) is 5.75 Å². The molecule has 0 saturated heterocycles. The van der Waals surface area contributed by atoms with Gasteiger partial charge in [-0.25, -0.2) is 0 Å². The summed E-state index contributed by atoms with van der Waals surface area (Å²) in [4.78, 5) is 15.7. The Balaban J connectivity index is 2.14. The second kappa shape index (κ2) is 4.65. The lowest BCUT2D eigenvalue weighted by Gasteiger charge is -2.03. The van der Waals surface area contributed by atoms with Crippen LogP contribution in [-0.4, -0.2) is 23.2 Å². The van der Waals surface area contributed by atoms with Crippen molar-refractivity contribution in [3.8, 4) is 5.75 Å². The molecule has 6 nitrogen and oxygen atoms in total. The van der Waals surface area contributed by atoms with E-state index in [1.807, 2.05) is 0 Å². The molecule has 1 heterocycles. The minimum Gasteiger partial charge on any atom is -0.497 e. The first kappa shape index (κ1) is 11.1. The molecule has 0 aliphatic heterocycles. The number of carbonyl (C=O) groups is 1. The number of benzene rings is 1. The van der Waals surface area contributed by atoms with E-state index in [0.29, 0.717) is 17.1 Å². The van der Waals surface area contributed by atoms with Crippen LogP contribution in [0.2, 0.25) is 0 Å². The Morgan fingerprint density at radius 3 is 2.94 bits per heavy atom. The Labute approximate surface area is 97.6 Å². The topological polar surface area (TPSA) is 77.2 Å². The van der Waals surface area contributed by atoms with Crippen molar-refractivity contribution in [2.75, 3.05) is 12.4 Å². The molecule has 0 bridgehead atoms. The number of nitrogens with one attached hydrogen (secondary N) is 1. The summed E-state index contributed by atoms with van der Waals surface area (Å²) in [7, 11) is 1.54. The number of carbonyl (C=O) groups excluding carboxylic acids is 1. The standard InChI is InChI=1S/C11H11N3O3/c1-7-12-11(17-14-7)13-10(15)8-4-3-5-9(6-8)16-2/h3-6H,1-2H3,(H,12,13,14,15). The number of aromatic nitrogens is 2. The number of rotatable bonds is 3. The molecule has 1 N–H and O–H groups in total. The van der Waals surface area contributed by atoms with Gasteiger partial charge in [0, 0.05) is 5.56 Å². The van der Waals surface area contributed by atoms with E-state index >= 15 is 0 Å². The molecule has 2 rings (SSSR count). The van der Waals surface area contributed by atoms with Gasteiger partial charge in [-0.2, -0.15) is 4.98 Å². The molecule has 0 atom stereocenters. The van der Waals surface area contributed by atoms with Crippen LogP contribution in [0.25, 0.3) is 0 Å². The highest BCUT2D eigenvalue weighted by Gasteiger charge is 2.10. The summed E-state index contributed by atoms with van der Waals surface area (Å²) in [6.45, 7) is 1.67.